The average molecular weight is 326 g/mol. The normalized spacial score (nSPS) is 10.7. The highest BCUT2D eigenvalue weighted by atomic mass is 16.1. The van der Waals surface area contributed by atoms with E-state index < -0.39 is 0 Å². The highest BCUT2D eigenvalue weighted by Gasteiger charge is 2.07. The molecule has 2 aromatic rings. The molecule has 0 unspecified atom stereocenters. The molecule has 128 valence electrons. The minimum atomic E-state index is -0.119. The second-order valence-electron chi connectivity index (χ2n) is 6.27. The van der Waals surface area contributed by atoms with Gasteiger partial charge in [0.25, 0.3) is 5.91 Å². The number of pyridine rings is 1. The molecule has 0 bridgehead atoms. The standard InChI is InChI=1S/C19H26N4O/c1-14-6-7-16(12-15(14)2)19(24)22-17-8-9-18(21-13-17)20-10-5-11-23(3)4/h6-9,12-13H,5,10-11H2,1-4H3,(H,20,21)(H,22,24). The van der Waals surface area contributed by atoms with Crippen LogP contribution in [0.25, 0.3) is 0 Å². The fourth-order valence-electron chi connectivity index (χ4n) is 2.27. The van der Waals surface area contributed by atoms with Crippen molar-refractivity contribution in [2.24, 2.45) is 0 Å². The van der Waals surface area contributed by atoms with Crippen LogP contribution in [-0.2, 0) is 0 Å². The van der Waals surface area contributed by atoms with E-state index in [1.807, 2.05) is 44.2 Å². The Balaban J connectivity index is 1.88. The summed E-state index contributed by atoms with van der Waals surface area (Å²) in [5, 5.41) is 6.15. The molecular weight excluding hydrogens is 300 g/mol. The van der Waals surface area contributed by atoms with Crippen LogP contribution in [0.2, 0.25) is 0 Å². The van der Waals surface area contributed by atoms with Crippen molar-refractivity contribution in [1.82, 2.24) is 9.88 Å². The van der Waals surface area contributed by atoms with E-state index in [9.17, 15) is 4.79 Å². The molecule has 1 aromatic heterocycles. The number of aromatic nitrogens is 1. The van der Waals surface area contributed by atoms with Gasteiger partial charge in [-0.1, -0.05) is 6.07 Å². The van der Waals surface area contributed by atoms with Crippen molar-refractivity contribution in [3.63, 3.8) is 0 Å². The molecule has 0 aliphatic carbocycles. The van der Waals surface area contributed by atoms with Crippen LogP contribution in [0.5, 0.6) is 0 Å². The predicted octanol–water partition coefficient (Wildman–Crippen LogP) is 3.31. The second-order valence-corrected chi connectivity index (χ2v) is 6.27. The van der Waals surface area contributed by atoms with Gasteiger partial charge >= 0.3 is 0 Å². The van der Waals surface area contributed by atoms with Crippen LogP contribution in [0, 0.1) is 13.8 Å². The Morgan fingerprint density at radius 3 is 2.54 bits per heavy atom. The third kappa shape index (κ3) is 5.35. The maximum absolute atomic E-state index is 12.3. The summed E-state index contributed by atoms with van der Waals surface area (Å²) in [5.41, 5.74) is 3.64. The van der Waals surface area contributed by atoms with E-state index in [1.165, 1.54) is 5.56 Å². The molecule has 0 saturated carbocycles. The molecule has 5 heteroatoms. The zero-order valence-electron chi connectivity index (χ0n) is 14.9. The number of aryl methyl sites for hydroxylation is 2. The number of anilines is 2. The molecule has 1 amide bonds. The van der Waals surface area contributed by atoms with E-state index in [2.05, 4.69) is 34.6 Å². The fraction of sp³-hybridized carbons (Fsp3) is 0.368. The quantitative estimate of drug-likeness (QED) is 0.767. The van der Waals surface area contributed by atoms with Gasteiger partial charge in [-0.3, -0.25) is 4.79 Å². The van der Waals surface area contributed by atoms with Crippen molar-refractivity contribution in [2.45, 2.75) is 20.3 Å². The van der Waals surface area contributed by atoms with E-state index in [0.717, 1.165) is 30.9 Å². The van der Waals surface area contributed by atoms with Crippen LogP contribution >= 0.6 is 0 Å². The van der Waals surface area contributed by atoms with Crippen LogP contribution in [0.3, 0.4) is 0 Å². The van der Waals surface area contributed by atoms with Crippen molar-refractivity contribution in [3.05, 3.63) is 53.2 Å². The zero-order valence-corrected chi connectivity index (χ0v) is 14.9. The Kier molecular flexibility index (Phi) is 6.32. The van der Waals surface area contributed by atoms with Crippen molar-refractivity contribution in [2.75, 3.05) is 37.8 Å². The molecule has 2 rings (SSSR count). The Bertz CT molecular complexity index is 680. The Hall–Kier alpha value is -2.40. The summed E-state index contributed by atoms with van der Waals surface area (Å²) in [6, 6.07) is 9.44. The monoisotopic (exact) mass is 326 g/mol. The Labute approximate surface area is 144 Å². The number of nitrogens with zero attached hydrogens (tertiary/aromatic N) is 2. The van der Waals surface area contributed by atoms with Gasteiger partial charge in [0.1, 0.15) is 5.82 Å². The molecule has 5 nitrogen and oxygen atoms in total. The molecular formula is C19H26N4O. The predicted molar refractivity (Wildman–Crippen MR) is 99.8 cm³/mol. The van der Waals surface area contributed by atoms with E-state index in [0.29, 0.717) is 11.3 Å². The lowest BCUT2D eigenvalue weighted by molar-refractivity contribution is 0.102. The number of amides is 1. The van der Waals surface area contributed by atoms with Gasteiger partial charge in [0.15, 0.2) is 0 Å². The smallest absolute Gasteiger partial charge is 0.255 e. The summed E-state index contributed by atoms with van der Waals surface area (Å²) in [6.45, 7) is 5.95. The second kappa shape index (κ2) is 8.45. The van der Waals surface area contributed by atoms with Gasteiger partial charge in [-0.25, -0.2) is 4.98 Å². The van der Waals surface area contributed by atoms with Crippen molar-refractivity contribution >= 4 is 17.4 Å². The third-order valence-electron chi connectivity index (χ3n) is 3.88. The van der Waals surface area contributed by atoms with Gasteiger partial charge in [-0.05, 0) is 76.3 Å². The number of hydrogen-bond acceptors (Lipinski definition) is 4. The summed E-state index contributed by atoms with van der Waals surface area (Å²) < 4.78 is 0. The summed E-state index contributed by atoms with van der Waals surface area (Å²) in [7, 11) is 4.12. The molecule has 1 heterocycles. The lowest BCUT2D eigenvalue weighted by atomic mass is 10.1. The van der Waals surface area contributed by atoms with Crippen molar-refractivity contribution < 1.29 is 4.79 Å². The van der Waals surface area contributed by atoms with Gasteiger partial charge in [-0.15, -0.1) is 0 Å². The van der Waals surface area contributed by atoms with Crippen molar-refractivity contribution in [1.29, 1.82) is 0 Å². The molecule has 24 heavy (non-hydrogen) atoms. The topological polar surface area (TPSA) is 57.3 Å². The summed E-state index contributed by atoms with van der Waals surface area (Å²) in [6.07, 6.45) is 2.73. The molecule has 0 aliphatic heterocycles. The SMILES string of the molecule is Cc1ccc(C(=O)Nc2ccc(NCCCN(C)C)nc2)cc1C. The van der Waals surface area contributed by atoms with Crippen LogP contribution in [0.4, 0.5) is 11.5 Å². The molecule has 0 spiro atoms. The Morgan fingerprint density at radius 2 is 1.92 bits per heavy atom. The maximum Gasteiger partial charge on any atom is 0.255 e. The highest BCUT2D eigenvalue weighted by molar-refractivity contribution is 6.04. The first kappa shape index (κ1) is 17.9. The Morgan fingerprint density at radius 1 is 1.12 bits per heavy atom. The van der Waals surface area contributed by atoms with Gasteiger partial charge < -0.3 is 15.5 Å². The fourth-order valence-corrected chi connectivity index (χ4v) is 2.27. The van der Waals surface area contributed by atoms with Crippen LogP contribution in [0.1, 0.15) is 27.9 Å². The first-order chi connectivity index (χ1) is 11.5. The molecule has 0 saturated heterocycles. The molecule has 1 aromatic carbocycles. The first-order valence-corrected chi connectivity index (χ1v) is 8.19. The maximum atomic E-state index is 12.3. The number of carbonyl (C=O) groups is 1. The van der Waals surface area contributed by atoms with E-state index in [1.54, 1.807) is 6.20 Å². The summed E-state index contributed by atoms with van der Waals surface area (Å²) in [5.74, 6) is 0.699. The first-order valence-electron chi connectivity index (χ1n) is 8.19. The number of rotatable bonds is 7. The zero-order chi connectivity index (χ0) is 17.5. The van der Waals surface area contributed by atoms with Gasteiger partial charge in [0.05, 0.1) is 11.9 Å². The molecule has 0 aliphatic rings. The van der Waals surface area contributed by atoms with Crippen molar-refractivity contribution in [3.8, 4) is 0 Å². The van der Waals surface area contributed by atoms with E-state index >= 15 is 0 Å². The van der Waals surface area contributed by atoms with Gasteiger partial charge in [0, 0.05) is 12.1 Å². The summed E-state index contributed by atoms with van der Waals surface area (Å²) in [4.78, 5) is 18.8. The summed E-state index contributed by atoms with van der Waals surface area (Å²) >= 11 is 0. The number of benzene rings is 1. The minimum Gasteiger partial charge on any atom is -0.370 e. The molecule has 2 N–H and O–H groups in total. The molecule has 0 atom stereocenters. The number of nitrogens with one attached hydrogen (secondary N) is 2. The third-order valence-corrected chi connectivity index (χ3v) is 3.88. The number of hydrogen-bond donors (Lipinski definition) is 2. The highest BCUT2D eigenvalue weighted by Crippen LogP contribution is 2.14. The van der Waals surface area contributed by atoms with Crippen LogP contribution in [0.15, 0.2) is 36.5 Å². The molecule has 0 radical (unpaired) electrons. The van der Waals surface area contributed by atoms with Gasteiger partial charge in [0.2, 0.25) is 0 Å². The minimum absolute atomic E-state index is 0.119. The average Bonchev–Trinajstić information content (AvgIpc) is 2.55. The van der Waals surface area contributed by atoms with Crippen LogP contribution < -0.4 is 10.6 Å². The molecule has 0 fully saturated rings. The lowest BCUT2D eigenvalue weighted by Gasteiger charge is -2.11. The van der Waals surface area contributed by atoms with E-state index in [4.69, 9.17) is 0 Å². The lowest BCUT2D eigenvalue weighted by Crippen LogP contribution is -2.16. The number of carbonyl (C=O) groups excluding carboxylic acids is 1. The van der Waals surface area contributed by atoms with Gasteiger partial charge in [-0.2, -0.15) is 0 Å². The van der Waals surface area contributed by atoms with Crippen LogP contribution in [-0.4, -0.2) is 43.0 Å². The van der Waals surface area contributed by atoms with E-state index in [-0.39, 0.29) is 5.91 Å². The largest absolute Gasteiger partial charge is 0.370 e.